The Morgan fingerprint density at radius 1 is 1.18 bits per heavy atom. The molecule has 1 aromatic carbocycles. The summed E-state index contributed by atoms with van der Waals surface area (Å²) in [5.41, 5.74) is 1.19. The van der Waals surface area contributed by atoms with Crippen LogP contribution in [0.25, 0.3) is 0 Å². The molecule has 0 bridgehead atoms. The van der Waals surface area contributed by atoms with E-state index < -0.39 is 0 Å². The fraction of sp³-hybridized carbons (Fsp3) is 0.429. The summed E-state index contributed by atoms with van der Waals surface area (Å²) in [6.45, 7) is 8.64. The van der Waals surface area contributed by atoms with Crippen molar-refractivity contribution in [3.8, 4) is 6.07 Å². The zero-order valence-corrected chi connectivity index (χ0v) is 17.2. The van der Waals surface area contributed by atoms with Crippen LogP contribution in [-0.4, -0.2) is 60.7 Å². The first kappa shape index (κ1) is 20.5. The minimum atomic E-state index is -0.140. The van der Waals surface area contributed by atoms with Crippen LogP contribution in [0.2, 0.25) is 0 Å². The number of nitrogens with one attached hydrogen (secondary N) is 1. The molecule has 7 heteroatoms. The van der Waals surface area contributed by atoms with E-state index in [2.05, 4.69) is 45.5 Å². The van der Waals surface area contributed by atoms with Crippen LogP contribution in [0.4, 0.5) is 5.88 Å². The van der Waals surface area contributed by atoms with Gasteiger partial charge in [-0.1, -0.05) is 18.2 Å². The lowest BCUT2D eigenvalue weighted by atomic mass is 10.2. The first-order valence-electron chi connectivity index (χ1n) is 9.49. The number of benzene rings is 1. The number of nitrogens with zero attached hydrogens (tertiary/aromatic N) is 3. The number of carbonyl (C=O) groups is 1. The number of rotatable bonds is 7. The van der Waals surface area contributed by atoms with Crippen LogP contribution >= 0.6 is 11.8 Å². The standard InChI is InChI=1S/C21H26N4O2S/c1-16-17(2)27-21(19(16)14-22)23-20(26)15-25-10-8-24(9-11-25)12-13-28-18-6-4-3-5-7-18/h3-7H,8-13,15H2,1-2H3,(H,23,26). The molecule has 0 saturated carbocycles. The predicted octanol–water partition coefficient (Wildman–Crippen LogP) is 3.12. The van der Waals surface area contributed by atoms with Gasteiger partial charge in [0.15, 0.2) is 0 Å². The third kappa shape index (κ3) is 5.38. The summed E-state index contributed by atoms with van der Waals surface area (Å²) in [7, 11) is 0. The number of thioether (sulfide) groups is 1. The van der Waals surface area contributed by atoms with E-state index in [1.807, 2.05) is 24.8 Å². The average molecular weight is 399 g/mol. The number of hydrogen-bond acceptors (Lipinski definition) is 6. The molecule has 0 unspecified atom stereocenters. The Hall–Kier alpha value is -2.27. The van der Waals surface area contributed by atoms with E-state index in [0.29, 0.717) is 17.9 Å². The SMILES string of the molecule is Cc1oc(NC(=O)CN2CCN(CCSc3ccccc3)CC2)c(C#N)c1C. The van der Waals surface area contributed by atoms with Gasteiger partial charge in [-0.05, 0) is 26.0 Å². The molecule has 1 aliphatic heterocycles. The third-order valence-electron chi connectivity index (χ3n) is 5.00. The lowest BCUT2D eigenvalue weighted by molar-refractivity contribution is -0.117. The lowest BCUT2D eigenvalue weighted by Crippen LogP contribution is -2.49. The van der Waals surface area contributed by atoms with Crippen molar-refractivity contribution in [2.45, 2.75) is 18.7 Å². The molecule has 0 spiro atoms. The molecule has 0 radical (unpaired) electrons. The number of aryl methyl sites for hydroxylation is 1. The smallest absolute Gasteiger partial charge is 0.240 e. The summed E-state index contributed by atoms with van der Waals surface area (Å²) < 4.78 is 5.51. The number of amides is 1. The molecule has 3 rings (SSSR count). The van der Waals surface area contributed by atoms with Gasteiger partial charge in [-0.25, -0.2) is 0 Å². The molecule has 2 heterocycles. The van der Waals surface area contributed by atoms with E-state index in [1.165, 1.54) is 4.90 Å². The average Bonchev–Trinajstić information content (AvgIpc) is 2.96. The molecular formula is C21H26N4O2S. The molecule has 0 aliphatic carbocycles. The molecule has 1 aromatic heterocycles. The van der Waals surface area contributed by atoms with E-state index in [0.717, 1.165) is 44.0 Å². The maximum atomic E-state index is 12.3. The summed E-state index contributed by atoms with van der Waals surface area (Å²) in [6, 6.07) is 12.5. The number of piperazine rings is 1. The topological polar surface area (TPSA) is 72.5 Å². The fourth-order valence-electron chi connectivity index (χ4n) is 3.20. The Labute approximate surface area is 170 Å². The van der Waals surface area contributed by atoms with E-state index in [4.69, 9.17) is 4.42 Å². The molecule has 6 nitrogen and oxygen atoms in total. The summed E-state index contributed by atoms with van der Waals surface area (Å²) in [6.07, 6.45) is 0. The molecule has 1 N–H and O–H groups in total. The van der Waals surface area contributed by atoms with Gasteiger partial charge >= 0.3 is 0 Å². The van der Waals surface area contributed by atoms with Crippen molar-refractivity contribution in [1.82, 2.24) is 9.80 Å². The van der Waals surface area contributed by atoms with Crippen molar-refractivity contribution in [2.75, 3.05) is 50.3 Å². The second-order valence-corrected chi connectivity index (χ2v) is 8.09. The largest absolute Gasteiger partial charge is 0.444 e. The normalized spacial score (nSPS) is 15.3. The maximum Gasteiger partial charge on any atom is 0.240 e. The molecule has 2 aromatic rings. The Balaban J connectivity index is 1.39. The Bertz CT molecular complexity index is 836. The third-order valence-corrected chi connectivity index (χ3v) is 5.99. The first-order chi connectivity index (χ1) is 13.6. The monoisotopic (exact) mass is 398 g/mol. The van der Waals surface area contributed by atoms with Crippen LogP contribution in [0.3, 0.4) is 0 Å². The van der Waals surface area contributed by atoms with Gasteiger partial charge in [-0.3, -0.25) is 19.9 Å². The number of carbonyl (C=O) groups excluding carboxylic acids is 1. The molecule has 1 fully saturated rings. The summed E-state index contributed by atoms with van der Waals surface area (Å²) in [5, 5.41) is 12.0. The van der Waals surface area contributed by atoms with E-state index in [-0.39, 0.29) is 11.8 Å². The van der Waals surface area contributed by atoms with Crippen molar-refractivity contribution < 1.29 is 9.21 Å². The Kier molecular flexibility index (Phi) is 7.15. The molecule has 1 amide bonds. The minimum Gasteiger partial charge on any atom is -0.444 e. The molecular weight excluding hydrogens is 372 g/mol. The van der Waals surface area contributed by atoms with Crippen LogP contribution in [0, 0.1) is 25.2 Å². The van der Waals surface area contributed by atoms with Gasteiger partial charge in [0.2, 0.25) is 11.8 Å². The molecule has 1 aliphatic rings. The highest BCUT2D eigenvalue weighted by Crippen LogP contribution is 2.25. The highest BCUT2D eigenvalue weighted by molar-refractivity contribution is 7.99. The van der Waals surface area contributed by atoms with Gasteiger partial charge in [0.05, 0.1) is 6.54 Å². The van der Waals surface area contributed by atoms with E-state index in [1.54, 1.807) is 6.92 Å². The lowest BCUT2D eigenvalue weighted by Gasteiger charge is -2.34. The van der Waals surface area contributed by atoms with Crippen molar-refractivity contribution in [2.24, 2.45) is 0 Å². The van der Waals surface area contributed by atoms with Crippen LogP contribution in [0.5, 0.6) is 0 Å². The molecule has 1 saturated heterocycles. The second-order valence-electron chi connectivity index (χ2n) is 6.93. The molecule has 148 valence electrons. The Morgan fingerprint density at radius 2 is 1.86 bits per heavy atom. The van der Waals surface area contributed by atoms with E-state index >= 15 is 0 Å². The van der Waals surface area contributed by atoms with E-state index in [9.17, 15) is 10.1 Å². The first-order valence-corrected chi connectivity index (χ1v) is 10.5. The van der Waals surface area contributed by atoms with Crippen LogP contribution in [0.1, 0.15) is 16.9 Å². The van der Waals surface area contributed by atoms with Gasteiger partial charge in [0, 0.05) is 48.9 Å². The number of anilines is 1. The quantitative estimate of drug-likeness (QED) is 0.723. The van der Waals surface area contributed by atoms with Crippen molar-refractivity contribution in [3.63, 3.8) is 0 Å². The summed E-state index contributed by atoms with van der Waals surface area (Å²) in [4.78, 5) is 18.2. The van der Waals surface area contributed by atoms with Gasteiger partial charge < -0.3 is 4.42 Å². The van der Waals surface area contributed by atoms with Crippen LogP contribution in [0.15, 0.2) is 39.6 Å². The van der Waals surface area contributed by atoms with Crippen molar-refractivity contribution in [3.05, 3.63) is 47.2 Å². The number of hydrogen-bond donors (Lipinski definition) is 1. The van der Waals surface area contributed by atoms with Gasteiger partial charge in [0.1, 0.15) is 17.4 Å². The molecule has 28 heavy (non-hydrogen) atoms. The van der Waals surface area contributed by atoms with Gasteiger partial charge in [0.25, 0.3) is 0 Å². The minimum absolute atomic E-state index is 0.140. The fourth-order valence-corrected chi connectivity index (χ4v) is 4.13. The zero-order chi connectivity index (χ0) is 19.9. The van der Waals surface area contributed by atoms with Crippen molar-refractivity contribution >= 4 is 23.6 Å². The van der Waals surface area contributed by atoms with Crippen LogP contribution in [-0.2, 0) is 4.79 Å². The van der Waals surface area contributed by atoms with Gasteiger partial charge in [-0.2, -0.15) is 5.26 Å². The second kappa shape index (κ2) is 9.78. The number of furan rings is 1. The van der Waals surface area contributed by atoms with Gasteiger partial charge in [-0.15, -0.1) is 11.8 Å². The van der Waals surface area contributed by atoms with Crippen molar-refractivity contribution in [1.29, 1.82) is 5.26 Å². The number of nitriles is 1. The molecule has 0 atom stereocenters. The highest BCUT2D eigenvalue weighted by atomic mass is 32.2. The maximum absolute atomic E-state index is 12.3. The zero-order valence-electron chi connectivity index (χ0n) is 16.4. The summed E-state index contributed by atoms with van der Waals surface area (Å²) in [5.74, 6) is 1.85. The Morgan fingerprint density at radius 3 is 2.54 bits per heavy atom. The summed E-state index contributed by atoms with van der Waals surface area (Å²) >= 11 is 1.88. The predicted molar refractivity (Wildman–Crippen MR) is 112 cm³/mol. The highest BCUT2D eigenvalue weighted by Gasteiger charge is 2.21. The van der Waals surface area contributed by atoms with Crippen LogP contribution < -0.4 is 5.32 Å².